The van der Waals surface area contributed by atoms with Crippen molar-refractivity contribution >= 4 is 22.6 Å². The number of fused-ring (bicyclic) bond motifs is 2. The van der Waals surface area contributed by atoms with Crippen molar-refractivity contribution in [1.29, 1.82) is 0 Å². The van der Waals surface area contributed by atoms with Gasteiger partial charge < -0.3 is 4.90 Å². The van der Waals surface area contributed by atoms with Gasteiger partial charge in [0.2, 0.25) is 5.91 Å². The van der Waals surface area contributed by atoms with E-state index in [4.69, 9.17) is 0 Å². The van der Waals surface area contributed by atoms with Crippen LogP contribution < -0.4 is 4.90 Å². The molecule has 6 nitrogen and oxygen atoms in total. The summed E-state index contributed by atoms with van der Waals surface area (Å²) in [6, 6.07) is 15.2. The molecular weight excluding hydrogens is 362 g/mol. The summed E-state index contributed by atoms with van der Waals surface area (Å²) in [6.07, 6.45) is 2.93. The van der Waals surface area contributed by atoms with Gasteiger partial charge in [0, 0.05) is 24.8 Å². The average molecular weight is 390 g/mol. The van der Waals surface area contributed by atoms with E-state index in [1.807, 2.05) is 11.0 Å². The Morgan fingerprint density at radius 3 is 2.76 bits per heavy atom. The number of nitrogens with zero attached hydrogens (tertiary/aromatic N) is 5. The number of aromatic nitrogens is 3. The largest absolute Gasteiger partial charge is 0.308 e. The molecule has 2 aliphatic rings. The van der Waals surface area contributed by atoms with Gasteiger partial charge >= 0.3 is 0 Å². The van der Waals surface area contributed by atoms with Crippen LogP contribution in [0.1, 0.15) is 36.9 Å². The van der Waals surface area contributed by atoms with Crippen LogP contribution in [0, 0.1) is 6.92 Å². The number of para-hydroxylation sites is 1. The van der Waals surface area contributed by atoms with Gasteiger partial charge in [-0.05, 0) is 62.4 Å². The zero-order valence-electron chi connectivity index (χ0n) is 17.1. The Hall–Kier alpha value is -2.73. The van der Waals surface area contributed by atoms with E-state index in [9.17, 15) is 4.79 Å². The van der Waals surface area contributed by atoms with E-state index in [1.54, 1.807) is 0 Å². The Kier molecular flexibility index (Phi) is 4.59. The Morgan fingerprint density at radius 2 is 1.93 bits per heavy atom. The molecule has 0 N–H and O–H groups in total. The van der Waals surface area contributed by atoms with Gasteiger partial charge in [-0.1, -0.05) is 29.5 Å². The van der Waals surface area contributed by atoms with Crippen molar-refractivity contribution < 1.29 is 4.79 Å². The number of aryl methyl sites for hydroxylation is 1. The van der Waals surface area contributed by atoms with Gasteiger partial charge in [0.05, 0.1) is 18.1 Å². The maximum Gasteiger partial charge on any atom is 0.241 e. The van der Waals surface area contributed by atoms with Crippen LogP contribution in [0.25, 0.3) is 11.0 Å². The summed E-state index contributed by atoms with van der Waals surface area (Å²) in [5, 5.41) is 8.76. The summed E-state index contributed by atoms with van der Waals surface area (Å²) in [4.78, 5) is 17.3. The van der Waals surface area contributed by atoms with Crippen LogP contribution in [0.4, 0.5) is 5.69 Å². The molecule has 0 aliphatic carbocycles. The zero-order chi connectivity index (χ0) is 20.0. The van der Waals surface area contributed by atoms with Gasteiger partial charge in [0.1, 0.15) is 5.52 Å². The number of anilines is 1. The summed E-state index contributed by atoms with van der Waals surface area (Å²) in [5.74, 6) is 0.211. The molecule has 0 spiro atoms. The molecule has 0 saturated carbocycles. The number of likely N-dealkylation sites (tertiary alicyclic amines) is 1. The van der Waals surface area contributed by atoms with Crippen LogP contribution in [0.2, 0.25) is 0 Å². The number of hydrogen-bond donors (Lipinski definition) is 0. The van der Waals surface area contributed by atoms with Gasteiger partial charge in [-0.25, -0.2) is 4.68 Å². The van der Waals surface area contributed by atoms with Crippen molar-refractivity contribution in [2.75, 3.05) is 24.5 Å². The molecule has 1 fully saturated rings. The molecule has 0 radical (unpaired) electrons. The smallest absolute Gasteiger partial charge is 0.241 e. The molecule has 1 amide bonds. The summed E-state index contributed by atoms with van der Waals surface area (Å²) in [7, 11) is 0. The normalized spacial score (nSPS) is 20.3. The van der Waals surface area contributed by atoms with Crippen molar-refractivity contribution in [1.82, 2.24) is 19.9 Å². The van der Waals surface area contributed by atoms with Crippen molar-refractivity contribution in [2.45, 2.75) is 45.2 Å². The topological polar surface area (TPSA) is 54.3 Å². The molecule has 3 aromatic rings. The third-order valence-electron chi connectivity index (χ3n) is 6.36. The lowest BCUT2D eigenvalue weighted by Gasteiger charge is -2.33. The minimum atomic E-state index is 0.211. The lowest BCUT2D eigenvalue weighted by Crippen LogP contribution is -2.45. The minimum Gasteiger partial charge on any atom is -0.308 e. The Morgan fingerprint density at radius 1 is 1.14 bits per heavy atom. The molecule has 6 heteroatoms. The van der Waals surface area contributed by atoms with Crippen LogP contribution in [-0.2, 0) is 11.2 Å². The standard InChI is InChI=1S/C23H27N5O/c1-16-7-8-22-20(13-16)24-25-28(22)19-9-11-26(12-10-19)15-23(29)27-17(2)14-18-5-3-4-6-21(18)27/h3-8,13,17,19H,9-12,14-15H2,1-2H3/t17-/m1/s1. The maximum absolute atomic E-state index is 13.1. The second kappa shape index (κ2) is 7.26. The van der Waals surface area contributed by atoms with E-state index < -0.39 is 0 Å². The first-order valence-corrected chi connectivity index (χ1v) is 10.5. The second-order valence-corrected chi connectivity index (χ2v) is 8.48. The van der Waals surface area contributed by atoms with E-state index in [0.717, 1.165) is 49.1 Å². The van der Waals surface area contributed by atoms with Gasteiger partial charge in [-0.2, -0.15) is 0 Å². The highest BCUT2D eigenvalue weighted by Crippen LogP contribution is 2.32. The highest BCUT2D eigenvalue weighted by atomic mass is 16.2. The van der Waals surface area contributed by atoms with Crippen LogP contribution in [0.15, 0.2) is 42.5 Å². The molecule has 3 heterocycles. The van der Waals surface area contributed by atoms with Crippen LogP contribution >= 0.6 is 0 Å². The number of piperidine rings is 1. The fourth-order valence-electron chi connectivity index (χ4n) is 4.86. The monoisotopic (exact) mass is 389 g/mol. The number of benzene rings is 2. The Balaban J connectivity index is 1.24. The molecule has 2 aromatic carbocycles. The predicted molar refractivity (Wildman–Crippen MR) is 114 cm³/mol. The molecule has 1 aromatic heterocycles. The highest BCUT2D eigenvalue weighted by molar-refractivity contribution is 5.97. The van der Waals surface area contributed by atoms with Gasteiger partial charge in [0.15, 0.2) is 0 Å². The lowest BCUT2D eigenvalue weighted by atomic mass is 10.0. The maximum atomic E-state index is 13.1. The van der Waals surface area contributed by atoms with Gasteiger partial charge in [-0.3, -0.25) is 9.69 Å². The van der Waals surface area contributed by atoms with E-state index in [2.05, 4.69) is 70.1 Å². The van der Waals surface area contributed by atoms with Crippen molar-refractivity contribution in [3.05, 3.63) is 53.6 Å². The molecular formula is C23H27N5O. The van der Waals surface area contributed by atoms with E-state index >= 15 is 0 Å². The third-order valence-corrected chi connectivity index (χ3v) is 6.36. The van der Waals surface area contributed by atoms with Crippen molar-refractivity contribution in [3.8, 4) is 0 Å². The molecule has 0 bridgehead atoms. The van der Waals surface area contributed by atoms with E-state index in [1.165, 1.54) is 11.1 Å². The first kappa shape index (κ1) is 18.3. The summed E-state index contributed by atoms with van der Waals surface area (Å²) >= 11 is 0. The molecule has 0 unspecified atom stereocenters. The lowest BCUT2D eigenvalue weighted by molar-refractivity contribution is -0.120. The van der Waals surface area contributed by atoms with Crippen LogP contribution in [0.5, 0.6) is 0 Å². The number of hydrogen-bond acceptors (Lipinski definition) is 4. The first-order valence-electron chi connectivity index (χ1n) is 10.5. The molecule has 150 valence electrons. The number of amides is 1. The molecule has 29 heavy (non-hydrogen) atoms. The van der Waals surface area contributed by atoms with Crippen LogP contribution in [0.3, 0.4) is 0 Å². The summed E-state index contributed by atoms with van der Waals surface area (Å²) in [6.45, 7) is 6.53. The minimum absolute atomic E-state index is 0.211. The van der Waals surface area contributed by atoms with Crippen molar-refractivity contribution in [3.63, 3.8) is 0 Å². The quantitative estimate of drug-likeness (QED) is 0.689. The van der Waals surface area contributed by atoms with E-state index in [0.29, 0.717) is 12.6 Å². The van der Waals surface area contributed by atoms with E-state index in [-0.39, 0.29) is 11.9 Å². The fraction of sp³-hybridized carbons (Fsp3) is 0.435. The number of carbonyl (C=O) groups excluding carboxylic acids is 1. The first-order chi connectivity index (χ1) is 14.1. The number of carbonyl (C=O) groups is 1. The highest BCUT2D eigenvalue weighted by Gasteiger charge is 2.32. The second-order valence-electron chi connectivity index (χ2n) is 8.48. The van der Waals surface area contributed by atoms with Crippen molar-refractivity contribution in [2.24, 2.45) is 0 Å². The summed E-state index contributed by atoms with van der Waals surface area (Å²) in [5.41, 5.74) is 5.64. The Bertz CT molecular complexity index is 1050. The van der Waals surface area contributed by atoms with Gasteiger partial charge in [-0.15, -0.1) is 5.10 Å². The fourth-order valence-corrected chi connectivity index (χ4v) is 4.86. The molecule has 5 rings (SSSR count). The average Bonchev–Trinajstić information content (AvgIpc) is 3.28. The Labute approximate surface area is 171 Å². The SMILES string of the molecule is Cc1ccc2c(c1)nnn2C1CCN(CC(=O)N2c3ccccc3C[C@H]2C)CC1. The predicted octanol–water partition coefficient (Wildman–Crippen LogP) is 3.35. The molecule has 2 aliphatic heterocycles. The van der Waals surface area contributed by atoms with Crippen LogP contribution in [-0.4, -0.2) is 51.5 Å². The zero-order valence-corrected chi connectivity index (χ0v) is 17.1. The molecule has 1 saturated heterocycles. The molecule has 1 atom stereocenters. The summed E-state index contributed by atoms with van der Waals surface area (Å²) < 4.78 is 2.08. The van der Waals surface area contributed by atoms with Gasteiger partial charge in [0.25, 0.3) is 0 Å². The number of rotatable bonds is 3. The third kappa shape index (κ3) is 3.31.